The summed E-state index contributed by atoms with van der Waals surface area (Å²) in [6, 6.07) is 16.6. The zero-order valence-electron chi connectivity index (χ0n) is 16.1. The van der Waals surface area contributed by atoms with Gasteiger partial charge in [-0.2, -0.15) is 0 Å². The third-order valence-corrected chi connectivity index (χ3v) is 4.15. The van der Waals surface area contributed by atoms with Gasteiger partial charge in [-0.3, -0.25) is 14.4 Å². The Morgan fingerprint density at radius 3 is 2.32 bits per heavy atom. The number of nitrogens with one attached hydrogen (secondary N) is 2. The fraction of sp³-hybridized carbons (Fsp3) is 0.227. The van der Waals surface area contributed by atoms with Gasteiger partial charge in [0.15, 0.2) is 0 Å². The van der Waals surface area contributed by atoms with Crippen LogP contribution in [0.5, 0.6) is 0 Å². The van der Waals surface area contributed by atoms with Crippen LogP contribution in [0.4, 0.5) is 0 Å². The topological polar surface area (TPSA) is 78.5 Å². The van der Waals surface area contributed by atoms with Crippen molar-refractivity contribution in [1.29, 1.82) is 0 Å². The predicted octanol–water partition coefficient (Wildman–Crippen LogP) is 2.22. The summed E-state index contributed by atoms with van der Waals surface area (Å²) in [6.45, 7) is 0.714. The van der Waals surface area contributed by atoms with E-state index in [-0.39, 0.29) is 30.7 Å². The quantitative estimate of drug-likeness (QED) is 0.691. The number of hydrogen-bond acceptors (Lipinski definition) is 3. The van der Waals surface area contributed by atoms with Crippen molar-refractivity contribution >= 4 is 23.8 Å². The first-order valence-electron chi connectivity index (χ1n) is 9.05. The highest BCUT2D eigenvalue weighted by molar-refractivity contribution is 5.94. The van der Waals surface area contributed by atoms with E-state index in [1.165, 1.54) is 6.08 Å². The summed E-state index contributed by atoms with van der Waals surface area (Å²) in [5.41, 5.74) is 2.45. The molecule has 3 amide bonds. The highest BCUT2D eigenvalue weighted by Crippen LogP contribution is 2.08. The first kappa shape index (κ1) is 20.9. The molecule has 0 fully saturated rings. The Bertz CT molecular complexity index is 830. The van der Waals surface area contributed by atoms with Crippen LogP contribution in [0, 0.1) is 0 Å². The minimum atomic E-state index is -0.232. The summed E-state index contributed by atoms with van der Waals surface area (Å²) in [7, 11) is 3.30. The van der Waals surface area contributed by atoms with Crippen LogP contribution in [0.2, 0.25) is 0 Å². The van der Waals surface area contributed by atoms with Crippen LogP contribution in [0.1, 0.15) is 27.9 Å². The molecule has 0 radical (unpaired) electrons. The molecule has 0 aliphatic heterocycles. The molecule has 0 aromatic heterocycles. The Kier molecular flexibility index (Phi) is 7.96. The van der Waals surface area contributed by atoms with Crippen molar-refractivity contribution < 1.29 is 14.4 Å². The van der Waals surface area contributed by atoms with E-state index in [2.05, 4.69) is 10.6 Å². The molecule has 2 N–H and O–H groups in total. The molecule has 146 valence electrons. The zero-order valence-corrected chi connectivity index (χ0v) is 16.1. The van der Waals surface area contributed by atoms with Crippen LogP contribution in [0.15, 0.2) is 60.7 Å². The third-order valence-electron chi connectivity index (χ3n) is 4.15. The number of rotatable bonds is 8. The second-order valence-corrected chi connectivity index (χ2v) is 6.31. The molecule has 2 aromatic rings. The highest BCUT2D eigenvalue weighted by atomic mass is 16.2. The lowest BCUT2D eigenvalue weighted by molar-refractivity contribution is -0.130. The Morgan fingerprint density at radius 2 is 1.68 bits per heavy atom. The van der Waals surface area contributed by atoms with Crippen molar-refractivity contribution in [2.45, 2.75) is 13.0 Å². The van der Waals surface area contributed by atoms with E-state index in [0.29, 0.717) is 12.1 Å². The molecule has 0 saturated carbocycles. The molecule has 0 heterocycles. The molecule has 0 aliphatic rings. The maximum absolute atomic E-state index is 12.2. The molecule has 2 rings (SSSR count). The molecule has 0 aliphatic carbocycles. The molecule has 0 unspecified atom stereocenters. The van der Waals surface area contributed by atoms with Crippen molar-refractivity contribution in [2.75, 3.05) is 20.6 Å². The van der Waals surface area contributed by atoms with Gasteiger partial charge in [-0.05, 0) is 29.3 Å². The van der Waals surface area contributed by atoms with Crippen LogP contribution in [-0.4, -0.2) is 43.3 Å². The average Bonchev–Trinajstić information content (AvgIpc) is 2.72. The third kappa shape index (κ3) is 6.72. The summed E-state index contributed by atoms with van der Waals surface area (Å²) in [4.78, 5) is 37.2. The SMILES string of the molecule is CNC(=O)c1ccc(CN(C)C(=O)CCNC(=O)/C=C/c2ccccc2)cc1. The highest BCUT2D eigenvalue weighted by Gasteiger charge is 2.10. The second-order valence-electron chi connectivity index (χ2n) is 6.31. The van der Waals surface area contributed by atoms with Gasteiger partial charge in [-0.15, -0.1) is 0 Å². The van der Waals surface area contributed by atoms with E-state index >= 15 is 0 Å². The molecule has 6 heteroatoms. The summed E-state index contributed by atoms with van der Waals surface area (Å²) < 4.78 is 0. The van der Waals surface area contributed by atoms with Gasteiger partial charge in [0.05, 0.1) is 0 Å². The van der Waals surface area contributed by atoms with Gasteiger partial charge in [0.2, 0.25) is 11.8 Å². The average molecular weight is 379 g/mol. The number of benzene rings is 2. The van der Waals surface area contributed by atoms with Crippen molar-refractivity contribution in [1.82, 2.24) is 15.5 Å². The van der Waals surface area contributed by atoms with Gasteiger partial charge in [0.25, 0.3) is 5.91 Å². The van der Waals surface area contributed by atoms with Crippen molar-refractivity contribution in [2.24, 2.45) is 0 Å². The van der Waals surface area contributed by atoms with E-state index in [1.54, 1.807) is 37.2 Å². The Labute approximate surface area is 165 Å². The lowest BCUT2D eigenvalue weighted by Crippen LogP contribution is -2.31. The standard InChI is InChI=1S/C22H25N3O3/c1-23-22(28)19-11-8-18(9-12-19)16-25(2)21(27)14-15-24-20(26)13-10-17-6-4-3-5-7-17/h3-13H,14-16H2,1-2H3,(H,23,28)(H,24,26)/b13-10+. The minimum Gasteiger partial charge on any atom is -0.355 e. The summed E-state index contributed by atoms with van der Waals surface area (Å²) in [5, 5.41) is 5.28. The molecule has 6 nitrogen and oxygen atoms in total. The van der Waals surface area contributed by atoms with Crippen LogP contribution >= 0.6 is 0 Å². The Balaban J connectivity index is 1.74. The monoisotopic (exact) mass is 379 g/mol. The molecular formula is C22H25N3O3. The number of carbonyl (C=O) groups excluding carboxylic acids is 3. The summed E-state index contributed by atoms with van der Waals surface area (Å²) in [6.07, 6.45) is 3.40. The van der Waals surface area contributed by atoms with Gasteiger partial charge in [0.1, 0.15) is 0 Å². The Hall–Kier alpha value is -3.41. The number of carbonyl (C=O) groups is 3. The van der Waals surface area contributed by atoms with Crippen LogP contribution < -0.4 is 10.6 Å². The van der Waals surface area contributed by atoms with Crippen molar-refractivity contribution in [3.63, 3.8) is 0 Å². The van der Waals surface area contributed by atoms with Crippen LogP contribution in [0.3, 0.4) is 0 Å². The smallest absolute Gasteiger partial charge is 0.251 e. The largest absolute Gasteiger partial charge is 0.355 e. The van der Waals surface area contributed by atoms with Gasteiger partial charge in [-0.1, -0.05) is 42.5 Å². The van der Waals surface area contributed by atoms with Crippen molar-refractivity contribution in [3.8, 4) is 0 Å². The molecule has 0 bridgehead atoms. The van der Waals surface area contributed by atoms with Gasteiger partial charge >= 0.3 is 0 Å². The maximum Gasteiger partial charge on any atom is 0.251 e. The predicted molar refractivity (Wildman–Crippen MR) is 109 cm³/mol. The number of nitrogens with zero attached hydrogens (tertiary/aromatic N) is 1. The first-order chi connectivity index (χ1) is 13.5. The fourth-order valence-electron chi connectivity index (χ4n) is 2.55. The Morgan fingerprint density at radius 1 is 1.00 bits per heavy atom. The number of hydrogen-bond donors (Lipinski definition) is 2. The molecule has 28 heavy (non-hydrogen) atoms. The fourth-order valence-corrected chi connectivity index (χ4v) is 2.55. The maximum atomic E-state index is 12.2. The molecule has 0 atom stereocenters. The van der Waals surface area contributed by atoms with Gasteiger partial charge in [0, 0.05) is 45.2 Å². The van der Waals surface area contributed by atoms with Crippen LogP contribution in [0.25, 0.3) is 6.08 Å². The summed E-state index contributed by atoms with van der Waals surface area (Å²) in [5.74, 6) is -0.445. The lowest BCUT2D eigenvalue weighted by atomic mass is 10.1. The first-order valence-corrected chi connectivity index (χ1v) is 9.05. The van der Waals surface area contributed by atoms with Gasteiger partial charge in [-0.25, -0.2) is 0 Å². The van der Waals surface area contributed by atoms with Gasteiger partial charge < -0.3 is 15.5 Å². The van der Waals surface area contributed by atoms with E-state index in [4.69, 9.17) is 0 Å². The van der Waals surface area contributed by atoms with E-state index in [0.717, 1.165) is 11.1 Å². The van der Waals surface area contributed by atoms with Crippen molar-refractivity contribution in [3.05, 3.63) is 77.4 Å². The zero-order chi connectivity index (χ0) is 20.4. The minimum absolute atomic E-state index is 0.0669. The second kappa shape index (κ2) is 10.7. The lowest BCUT2D eigenvalue weighted by Gasteiger charge is -2.17. The molecule has 0 saturated heterocycles. The number of amides is 3. The van der Waals surface area contributed by atoms with E-state index in [9.17, 15) is 14.4 Å². The van der Waals surface area contributed by atoms with E-state index < -0.39 is 0 Å². The molecule has 0 spiro atoms. The molecular weight excluding hydrogens is 354 g/mol. The van der Waals surface area contributed by atoms with E-state index in [1.807, 2.05) is 42.5 Å². The van der Waals surface area contributed by atoms with Crippen LogP contribution in [-0.2, 0) is 16.1 Å². The molecule has 2 aromatic carbocycles. The summed E-state index contributed by atoms with van der Waals surface area (Å²) >= 11 is 0. The normalized spacial score (nSPS) is 10.5.